The fourth-order valence-electron chi connectivity index (χ4n) is 4.93. The molecule has 272 valence electrons. The Bertz CT molecular complexity index is 2420. The van der Waals surface area contributed by atoms with E-state index in [0.717, 1.165) is 27.6 Å². The molecule has 6 rings (SSSR count). The second kappa shape index (κ2) is 15.4. The average molecular weight is 751 g/mol. The normalized spacial score (nSPS) is 11.4. The van der Waals surface area contributed by atoms with Gasteiger partial charge in [-0.1, -0.05) is 46.2 Å². The number of nitrogens with one attached hydrogen (secondary N) is 2. The van der Waals surface area contributed by atoms with Crippen LogP contribution < -0.4 is 21.8 Å². The molecule has 4 heterocycles. The summed E-state index contributed by atoms with van der Waals surface area (Å²) in [7, 11) is 0. The van der Waals surface area contributed by atoms with Crippen molar-refractivity contribution in [3.63, 3.8) is 0 Å². The molecule has 0 bridgehead atoms. The van der Waals surface area contributed by atoms with Crippen LogP contribution in [0.5, 0.6) is 0 Å². The zero-order chi connectivity index (χ0) is 37.7. The molecule has 0 aliphatic rings. The van der Waals surface area contributed by atoms with E-state index in [1.165, 1.54) is 24.3 Å². The summed E-state index contributed by atoms with van der Waals surface area (Å²) in [6.45, 7) is 1.03. The van der Waals surface area contributed by atoms with Gasteiger partial charge in [0.1, 0.15) is 24.5 Å². The summed E-state index contributed by atoms with van der Waals surface area (Å²) in [4.78, 5) is 59.5. The van der Waals surface area contributed by atoms with Gasteiger partial charge in [-0.25, -0.2) is 9.36 Å². The predicted octanol–water partition coefficient (Wildman–Crippen LogP) is 3.40. The summed E-state index contributed by atoms with van der Waals surface area (Å²) < 4.78 is 51.8. The number of amides is 2. The van der Waals surface area contributed by atoms with E-state index in [2.05, 4.69) is 41.1 Å². The molecule has 53 heavy (non-hydrogen) atoms. The predicted molar refractivity (Wildman–Crippen MR) is 180 cm³/mol. The summed E-state index contributed by atoms with van der Waals surface area (Å²) >= 11 is 6.08. The van der Waals surface area contributed by atoms with E-state index in [4.69, 9.17) is 20.6 Å². The van der Waals surface area contributed by atoms with Crippen LogP contribution in [0.25, 0.3) is 45.9 Å². The first-order chi connectivity index (χ1) is 25.4. The fraction of sp³-hybridized carbons (Fsp3) is 0.212. The number of benzene rings is 2. The maximum atomic E-state index is 13.3. The number of aromatic nitrogens is 8. The van der Waals surface area contributed by atoms with Crippen LogP contribution in [0.3, 0.4) is 0 Å². The van der Waals surface area contributed by atoms with Gasteiger partial charge in [-0.3, -0.25) is 19.2 Å². The Morgan fingerprint density at radius 3 is 2.09 bits per heavy atom. The molecule has 0 fully saturated rings. The number of nitrogens with zero attached hydrogens (tertiary/aromatic N) is 8. The monoisotopic (exact) mass is 750 g/mol. The van der Waals surface area contributed by atoms with Gasteiger partial charge >= 0.3 is 6.18 Å². The molecule has 16 nitrogen and oxygen atoms in total. The van der Waals surface area contributed by atoms with Gasteiger partial charge in [0.15, 0.2) is 0 Å². The Kier molecular flexibility index (Phi) is 10.5. The molecule has 2 aromatic carbocycles. The number of likely N-dealkylation sites (N-methyl/N-ethyl adjacent to an activating group) is 1. The summed E-state index contributed by atoms with van der Waals surface area (Å²) in [5.41, 5.74) is -1.29. The minimum atomic E-state index is -4.58. The lowest BCUT2D eigenvalue weighted by Gasteiger charge is -2.10. The molecule has 0 atom stereocenters. The van der Waals surface area contributed by atoms with Crippen molar-refractivity contribution in [2.45, 2.75) is 32.6 Å². The van der Waals surface area contributed by atoms with Crippen molar-refractivity contribution in [3.8, 4) is 45.9 Å². The smallest absolute Gasteiger partial charge is 0.355 e. The molecule has 6 aromatic rings. The highest BCUT2D eigenvalue weighted by Gasteiger charge is 2.31. The minimum absolute atomic E-state index is 0.0142. The number of carbonyl (C=O) groups excluding carboxylic acids is 2. The third kappa shape index (κ3) is 8.70. The number of halogens is 4. The summed E-state index contributed by atoms with van der Waals surface area (Å²) in [6.07, 6.45) is -4.60. The van der Waals surface area contributed by atoms with Crippen molar-refractivity contribution in [2.75, 3.05) is 13.1 Å². The van der Waals surface area contributed by atoms with Crippen molar-refractivity contribution in [2.24, 2.45) is 0 Å². The number of hydrogen-bond acceptors (Lipinski definition) is 12. The SMILES string of the molecule is CCNC(=O)Cn1nc(-c2nc(-c3cccc(Cl)c3)no2)cc(CCNC(=O)Cn2nc(-c3nc(-c4cccc(C(F)(F)F)c4)no3)ccc2=O)c1=O. The van der Waals surface area contributed by atoms with Gasteiger partial charge in [-0.15, -0.1) is 0 Å². The molecule has 0 aliphatic heterocycles. The number of hydrogen-bond donors (Lipinski definition) is 2. The number of carbonyl (C=O) groups is 2. The molecule has 2 N–H and O–H groups in total. The van der Waals surface area contributed by atoms with E-state index in [1.54, 1.807) is 31.2 Å². The Hall–Kier alpha value is -6.50. The first-order valence-electron chi connectivity index (χ1n) is 15.7. The molecule has 0 aliphatic carbocycles. The standard InChI is InChI=1S/C33H26ClF3N10O6/c1-2-38-25(48)17-47-32(51)20(15-24(43-47)31-41-29(45-53-31)19-6-4-8-22(34)14-19)11-12-39-26(49)16-46-27(50)10-9-23(42-46)30-40-28(44-52-30)18-5-3-7-21(13-18)33(35,36)37/h3-10,13-15H,2,11-12,16-17H2,1H3,(H,38,48)(H,39,49). The Labute approximate surface area is 300 Å². The fourth-order valence-corrected chi connectivity index (χ4v) is 5.12. The molecule has 2 amide bonds. The van der Waals surface area contributed by atoms with Crippen LogP contribution in [-0.4, -0.2) is 64.7 Å². The van der Waals surface area contributed by atoms with Gasteiger partial charge in [-0.05, 0) is 49.7 Å². The maximum absolute atomic E-state index is 13.3. The Balaban J connectivity index is 1.16. The van der Waals surface area contributed by atoms with Crippen LogP contribution in [0.4, 0.5) is 13.2 Å². The van der Waals surface area contributed by atoms with Crippen LogP contribution in [0.2, 0.25) is 5.02 Å². The van der Waals surface area contributed by atoms with Gasteiger partial charge in [0.25, 0.3) is 22.9 Å². The molecular weight excluding hydrogens is 725 g/mol. The second-order valence-corrected chi connectivity index (χ2v) is 11.7. The van der Waals surface area contributed by atoms with E-state index in [1.807, 2.05) is 0 Å². The lowest BCUT2D eigenvalue weighted by Crippen LogP contribution is -2.37. The Morgan fingerprint density at radius 2 is 1.42 bits per heavy atom. The highest BCUT2D eigenvalue weighted by atomic mass is 35.5. The lowest BCUT2D eigenvalue weighted by molar-refractivity contribution is -0.137. The first kappa shape index (κ1) is 36.3. The molecule has 0 radical (unpaired) electrons. The van der Waals surface area contributed by atoms with Crippen LogP contribution >= 0.6 is 11.6 Å². The van der Waals surface area contributed by atoms with Crippen molar-refractivity contribution in [3.05, 3.63) is 104 Å². The molecule has 0 saturated heterocycles. The zero-order valence-electron chi connectivity index (χ0n) is 27.4. The average Bonchev–Trinajstić information content (AvgIpc) is 3.82. The van der Waals surface area contributed by atoms with Gasteiger partial charge in [-0.2, -0.15) is 33.3 Å². The highest BCUT2D eigenvalue weighted by molar-refractivity contribution is 6.30. The van der Waals surface area contributed by atoms with Gasteiger partial charge < -0.3 is 19.7 Å². The second-order valence-electron chi connectivity index (χ2n) is 11.2. The van der Waals surface area contributed by atoms with Gasteiger partial charge in [0.05, 0.1) is 5.56 Å². The lowest BCUT2D eigenvalue weighted by atomic mass is 10.1. The van der Waals surface area contributed by atoms with Crippen LogP contribution in [0, 0.1) is 0 Å². The molecule has 20 heteroatoms. The van der Waals surface area contributed by atoms with E-state index in [9.17, 15) is 32.3 Å². The maximum Gasteiger partial charge on any atom is 0.416 e. The molecule has 0 unspecified atom stereocenters. The third-order valence-electron chi connectivity index (χ3n) is 7.41. The molecule has 4 aromatic heterocycles. The van der Waals surface area contributed by atoms with Crippen molar-refractivity contribution < 1.29 is 31.8 Å². The van der Waals surface area contributed by atoms with Crippen LogP contribution in [0.1, 0.15) is 18.1 Å². The topological polar surface area (TPSA) is 206 Å². The van der Waals surface area contributed by atoms with Crippen molar-refractivity contribution in [1.82, 2.24) is 50.5 Å². The zero-order valence-corrected chi connectivity index (χ0v) is 28.2. The van der Waals surface area contributed by atoms with Crippen LogP contribution in [0.15, 0.2) is 85.4 Å². The molecular formula is C33H26ClF3N10O6. The van der Waals surface area contributed by atoms with Crippen molar-refractivity contribution >= 4 is 23.4 Å². The van der Waals surface area contributed by atoms with E-state index < -0.39 is 47.8 Å². The van der Waals surface area contributed by atoms with Crippen molar-refractivity contribution in [1.29, 1.82) is 0 Å². The quantitative estimate of drug-likeness (QED) is 0.185. The summed E-state index contributed by atoms with van der Waals surface area (Å²) in [5.74, 6) is -1.28. The van der Waals surface area contributed by atoms with E-state index in [-0.39, 0.29) is 58.9 Å². The third-order valence-corrected chi connectivity index (χ3v) is 7.65. The minimum Gasteiger partial charge on any atom is -0.355 e. The van der Waals surface area contributed by atoms with E-state index in [0.29, 0.717) is 17.1 Å². The summed E-state index contributed by atoms with van der Waals surface area (Å²) in [5, 5.41) is 21.7. The molecule has 0 saturated carbocycles. The number of rotatable bonds is 12. The van der Waals surface area contributed by atoms with Gasteiger partial charge in [0.2, 0.25) is 23.5 Å². The first-order valence-corrected chi connectivity index (χ1v) is 16.1. The summed E-state index contributed by atoms with van der Waals surface area (Å²) in [6, 6.07) is 14.9. The van der Waals surface area contributed by atoms with Gasteiger partial charge in [0, 0.05) is 40.9 Å². The highest BCUT2D eigenvalue weighted by Crippen LogP contribution is 2.32. The number of alkyl halides is 3. The van der Waals surface area contributed by atoms with Crippen LogP contribution in [-0.2, 0) is 35.3 Å². The van der Waals surface area contributed by atoms with E-state index >= 15 is 0 Å². The Morgan fingerprint density at radius 1 is 0.792 bits per heavy atom. The largest absolute Gasteiger partial charge is 0.416 e. The molecule has 0 spiro atoms.